The average molecular weight is 600 g/mol. The predicted molar refractivity (Wildman–Crippen MR) is 174 cm³/mol. The fourth-order valence-electron chi connectivity index (χ4n) is 8.01. The van der Waals surface area contributed by atoms with Gasteiger partial charge in [0.2, 0.25) is 0 Å². The number of nitrogens with one attached hydrogen (secondary N) is 1. The van der Waals surface area contributed by atoms with Gasteiger partial charge in [0, 0.05) is 37.2 Å². The van der Waals surface area contributed by atoms with Crippen LogP contribution < -0.4 is 5.73 Å². The Balaban J connectivity index is 1.00. The zero-order valence-electron chi connectivity index (χ0n) is 27.4. The molecule has 0 unspecified atom stereocenters. The number of hydrogen-bond donors (Lipinski definition) is 2. The van der Waals surface area contributed by atoms with Crippen LogP contribution >= 0.6 is 0 Å². The molecule has 2 aliphatic carbocycles. The summed E-state index contributed by atoms with van der Waals surface area (Å²) in [6.45, 7) is 16.5. The maximum absolute atomic E-state index is 6.59. The minimum Gasteiger partial charge on any atom is -0.383 e. The minimum atomic E-state index is -0.599. The van der Waals surface area contributed by atoms with Gasteiger partial charge >= 0.3 is 0 Å². The number of anilines is 1. The van der Waals surface area contributed by atoms with E-state index in [1.54, 1.807) is 6.33 Å². The lowest BCUT2D eigenvalue weighted by Crippen LogP contribution is -2.51. The number of nitrogens with two attached hydrogens (primary N) is 1. The lowest BCUT2D eigenvalue weighted by molar-refractivity contribution is -0.161. The monoisotopic (exact) mass is 599 g/mol. The maximum Gasteiger partial charge on any atom is 0.163 e. The number of H-pyrrole nitrogens is 1. The van der Waals surface area contributed by atoms with Gasteiger partial charge < -0.3 is 24.8 Å². The molecule has 0 bridgehead atoms. The molecule has 9 nitrogen and oxygen atoms in total. The van der Waals surface area contributed by atoms with E-state index in [0.717, 1.165) is 53.2 Å². The molecule has 0 amide bonds. The van der Waals surface area contributed by atoms with E-state index in [1.807, 2.05) is 19.9 Å². The van der Waals surface area contributed by atoms with Crippen molar-refractivity contribution in [3.05, 3.63) is 48.2 Å². The molecular weight excluding hydrogens is 550 g/mol. The Hall–Kier alpha value is -3.01. The van der Waals surface area contributed by atoms with Crippen LogP contribution in [0.5, 0.6) is 0 Å². The number of benzene rings is 1. The van der Waals surface area contributed by atoms with Gasteiger partial charge in [-0.2, -0.15) is 0 Å². The smallest absolute Gasteiger partial charge is 0.163 e. The molecule has 3 fully saturated rings. The number of hydrogen-bond acceptors (Lipinski definition) is 7. The molecule has 236 valence electrons. The van der Waals surface area contributed by atoms with Crippen LogP contribution in [0.15, 0.2) is 36.8 Å². The summed E-state index contributed by atoms with van der Waals surface area (Å²) in [6.07, 6.45) is 9.35. The zero-order valence-corrected chi connectivity index (χ0v) is 27.4. The second kappa shape index (κ2) is 10.8. The van der Waals surface area contributed by atoms with Crippen molar-refractivity contribution in [2.45, 2.75) is 122 Å². The third-order valence-electron chi connectivity index (χ3n) is 10.4. The summed E-state index contributed by atoms with van der Waals surface area (Å²) < 4.78 is 15.4. The van der Waals surface area contributed by atoms with Crippen LogP contribution in [0.3, 0.4) is 0 Å². The van der Waals surface area contributed by atoms with Crippen molar-refractivity contribution >= 4 is 27.9 Å². The van der Waals surface area contributed by atoms with Crippen molar-refractivity contribution in [3.8, 4) is 0 Å². The Morgan fingerprint density at radius 3 is 2.61 bits per heavy atom. The van der Waals surface area contributed by atoms with E-state index in [2.05, 4.69) is 83.4 Å². The van der Waals surface area contributed by atoms with Crippen molar-refractivity contribution in [3.63, 3.8) is 0 Å². The quantitative estimate of drug-likeness (QED) is 0.242. The molecule has 44 heavy (non-hydrogen) atoms. The van der Waals surface area contributed by atoms with Gasteiger partial charge in [-0.15, -0.1) is 0 Å². The highest BCUT2D eigenvalue weighted by Gasteiger charge is 2.55. The molecule has 1 aromatic carbocycles. The molecule has 9 heteroatoms. The molecule has 4 aromatic rings. The van der Waals surface area contributed by atoms with Crippen molar-refractivity contribution < 1.29 is 9.47 Å². The van der Waals surface area contributed by atoms with Crippen molar-refractivity contribution in [1.82, 2.24) is 29.4 Å². The van der Waals surface area contributed by atoms with Crippen LogP contribution in [0, 0.1) is 11.8 Å². The van der Waals surface area contributed by atoms with E-state index >= 15 is 0 Å². The van der Waals surface area contributed by atoms with E-state index in [4.69, 9.17) is 20.2 Å². The Morgan fingerprint density at radius 1 is 1.09 bits per heavy atom. The number of fused-ring (bicyclic) bond motifs is 3. The van der Waals surface area contributed by atoms with Crippen LogP contribution in [0.4, 0.5) is 5.82 Å². The van der Waals surface area contributed by atoms with Gasteiger partial charge in [0.25, 0.3) is 0 Å². The van der Waals surface area contributed by atoms with Gasteiger partial charge in [0.15, 0.2) is 5.79 Å². The summed E-state index contributed by atoms with van der Waals surface area (Å²) in [5, 5.41) is 0.896. The summed E-state index contributed by atoms with van der Waals surface area (Å²) in [4.78, 5) is 20.0. The number of nitrogens with zero attached hydrogens (tertiary/aromatic N) is 5. The van der Waals surface area contributed by atoms with Crippen LogP contribution in [0.1, 0.15) is 91.6 Å². The summed E-state index contributed by atoms with van der Waals surface area (Å²) >= 11 is 0. The van der Waals surface area contributed by atoms with E-state index in [1.165, 1.54) is 24.8 Å². The number of aryl methyl sites for hydroxylation is 1. The fourth-order valence-corrected chi connectivity index (χ4v) is 8.01. The van der Waals surface area contributed by atoms with Gasteiger partial charge in [0.1, 0.15) is 29.7 Å². The van der Waals surface area contributed by atoms with E-state index in [9.17, 15) is 0 Å². The van der Waals surface area contributed by atoms with Crippen LogP contribution in [-0.4, -0.2) is 66.0 Å². The number of aromatic nitrogens is 5. The molecule has 7 rings (SSSR count). The molecule has 4 heterocycles. The Bertz CT molecular complexity index is 1640. The summed E-state index contributed by atoms with van der Waals surface area (Å²) in [7, 11) is 0. The second-order valence-electron chi connectivity index (χ2n) is 15.3. The molecule has 4 atom stereocenters. The molecule has 2 saturated carbocycles. The second-order valence-corrected chi connectivity index (χ2v) is 15.3. The first-order valence-electron chi connectivity index (χ1n) is 16.5. The van der Waals surface area contributed by atoms with Crippen molar-refractivity contribution in [2.24, 2.45) is 11.8 Å². The Morgan fingerprint density at radius 2 is 1.86 bits per heavy atom. The number of imidazole rings is 1. The number of aromatic amines is 1. The van der Waals surface area contributed by atoms with Crippen LogP contribution in [0.2, 0.25) is 0 Å². The minimum absolute atomic E-state index is 0.0202. The first-order chi connectivity index (χ1) is 20.9. The van der Waals surface area contributed by atoms with Crippen LogP contribution in [0.25, 0.3) is 22.1 Å². The molecule has 0 radical (unpaired) electrons. The highest BCUT2D eigenvalue weighted by molar-refractivity contribution is 5.86. The third kappa shape index (κ3) is 5.41. The lowest BCUT2D eigenvalue weighted by Gasteiger charge is -2.46. The van der Waals surface area contributed by atoms with Gasteiger partial charge in [-0.1, -0.05) is 26.8 Å². The topological polar surface area (TPSA) is 107 Å². The highest BCUT2D eigenvalue weighted by Crippen LogP contribution is 2.49. The van der Waals surface area contributed by atoms with Crippen molar-refractivity contribution in [1.29, 1.82) is 0 Å². The lowest BCUT2D eigenvalue weighted by atomic mass is 9.76. The zero-order chi connectivity index (χ0) is 31.0. The Kier molecular flexibility index (Phi) is 7.29. The standard InChI is InChI=1S/C35H49N7O2/c1-20(2)42(24-14-21(15-24)8-11-29-39-26-10-9-23(34(3,4)5)17-27(26)40-29)18-22-16-28(31-30(22)43-35(6,7)44-31)41-13-12-25-32(36)37-19-38-33(25)41/h9-10,12-13,17,19-22,24,28,30-31H,8,11,14-16,18H2,1-7H3,(H,39,40)(H2,36,37,38)/t21?,22-,24?,28-,30-,31+/m1/s1. The van der Waals surface area contributed by atoms with Gasteiger partial charge in [0.05, 0.1) is 28.6 Å². The molecule has 1 aliphatic heterocycles. The fraction of sp³-hybridized carbons (Fsp3) is 0.629. The normalized spacial score (nSPS) is 28.4. The average Bonchev–Trinajstić information content (AvgIpc) is 3.68. The van der Waals surface area contributed by atoms with Gasteiger partial charge in [-0.25, -0.2) is 15.0 Å². The van der Waals surface area contributed by atoms with Crippen LogP contribution in [-0.2, 0) is 21.3 Å². The largest absolute Gasteiger partial charge is 0.383 e. The van der Waals surface area contributed by atoms with E-state index in [-0.39, 0.29) is 23.7 Å². The molecule has 0 spiro atoms. The number of rotatable bonds is 8. The van der Waals surface area contributed by atoms with E-state index in [0.29, 0.717) is 23.8 Å². The third-order valence-corrected chi connectivity index (χ3v) is 10.4. The molecule has 3 N–H and O–H groups in total. The summed E-state index contributed by atoms with van der Waals surface area (Å²) in [5.74, 6) is 2.15. The number of nitrogen functional groups attached to an aromatic ring is 1. The van der Waals surface area contributed by atoms with E-state index < -0.39 is 5.79 Å². The SMILES string of the molecule is CC(C)N(C[C@H]1C[C@@H](n2ccc3c(N)ncnc32)[C@@H]2OC(C)(C)O[C@H]12)C1CC(CCc2nc3ccc(C(C)(C)C)cc3[nH]2)C1. The first kappa shape index (κ1) is 29.7. The predicted octanol–water partition coefficient (Wildman–Crippen LogP) is 6.39. The highest BCUT2D eigenvalue weighted by atomic mass is 16.8. The molecule has 3 aliphatic rings. The Labute approximate surface area is 260 Å². The van der Waals surface area contributed by atoms with Gasteiger partial charge in [-0.05, 0) is 88.5 Å². The van der Waals surface area contributed by atoms with Gasteiger partial charge in [-0.3, -0.25) is 4.90 Å². The molecule has 1 saturated heterocycles. The maximum atomic E-state index is 6.59. The number of ether oxygens (including phenoxy) is 2. The summed E-state index contributed by atoms with van der Waals surface area (Å²) in [5.41, 5.74) is 10.7. The summed E-state index contributed by atoms with van der Waals surface area (Å²) in [6, 6.07) is 9.90. The first-order valence-corrected chi connectivity index (χ1v) is 16.5. The van der Waals surface area contributed by atoms with Crippen molar-refractivity contribution in [2.75, 3.05) is 12.3 Å². The molecular formula is C35H49N7O2. The molecule has 3 aromatic heterocycles.